The first-order valence-electron chi connectivity index (χ1n) is 21.8. The molecule has 2 aromatic heterocycles. The van der Waals surface area contributed by atoms with Crippen molar-refractivity contribution in [2.45, 2.75) is 92.5 Å². The van der Waals surface area contributed by atoms with Crippen molar-refractivity contribution in [2.24, 2.45) is 5.41 Å². The van der Waals surface area contributed by atoms with E-state index in [2.05, 4.69) is 207 Å². The molecule has 0 bridgehead atoms. The number of thiophene rings is 1. The summed E-state index contributed by atoms with van der Waals surface area (Å²) in [6.07, 6.45) is 3.02. The predicted molar refractivity (Wildman–Crippen MR) is 267 cm³/mol. The van der Waals surface area contributed by atoms with Gasteiger partial charge in [0.1, 0.15) is 0 Å². The number of rotatable bonds is 8. The zero-order valence-electron chi connectivity index (χ0n) is 37.8. The average molecular weight is 1030 g/mol. The first kappa shape index (κ1) is 45.2. The molecule has 0 saturated carbocycles. The molecule has 3 nitrogen and oxygen atoms in total. The Kier molecular flexibility index (Phi) is 13.5. The van der Waals surface area contributed by atoms with Crippen molar-refractivity contribution in [3.8, 4) is 22.4 Å². The first-order valence-corrected chi connectivity index (χ1v) is 26.1. The van der Waals surface area contributed by atoms with Gasteiger partial charge < -0.3 is 15.2 Å². The molecule has 1 unspecified atom stereocenters. The Morgan fingerprint density at radius 2 is 1.39 bits per heavy atom. The topological polar surface area (TPSA) is 30.2 Å². The molecule has 3 heterocycles. The Bertz CT molecular complexity index is 2770. The number of hydrogen-bond acceptors (Lipinski definition) is 3. The van der Waals surface area contributed by atoms with Gasteiger partial charge in [-0.15, -0.1) is 47.0 Å². The van der Waals surface area contributed by atoms with Crippen molar-refractivity contribution in [3.63, 3.8) is 0 Å². The molecular formula is C56H58IrN3SSi. The average Bonchev–Trinajstić information content (AvgIpc) is 3.81. The summed E-state index contributed by atoms with van der Waals surface area (Å²) >= 11 is 1.83. The number of aromatic nitrogens is 1. The van der Waals surface area contributed by atoms with Gasteiger partial charge in [-0.25, -0.2) is 11.3 Å². The van der Waals surface area contributed by atoms with Crippen LogP contribution in [0.1, 0.15) is 88.7 Å². The molecule has 1 atom stereocenters. The van der Waals surface area contributed by atoms with Crippen molar-refractivity contribution < 1.29 is 20.1 Å². The molecular weight excluding hydrogens is 967 g/mol. The van der Waals surface area contributed by atoms with Crippen molar-refractivity contribution in [2.75, 3.05) is 4.90 Å². The van der Waals surface area contributed by atoms with Crippen molar-refractivity contribution in [1.29, 1.82) is 0 Å². The maximum absolute atomic E-state index is 5.33. The second kappa shape index (κ2) is 18.5. The third-order valence-electron chi connectivity index (χ3n) is 11.5. The maximum Gasteiger partial charge on any atom is 3.00 e. The van der Waals surface area contributed by atoms with Crippen molar-refractivity contribution in [1.82, 2.24) is 4.98 Å². The van der Waals surface area contributed by atoms with Crippen molar-refractivity contribution in [3.05, 3.63) is 179 Å². The molecule has 0 aliphatic carbocycles. The first-order chi connectivity index (χ1) is 29.2. The van der Waals surface area contributed by atoms with Crippen LogP contribution in [0.4, 0.5) is 17.1 Å². The van der Waals surface area contributed by atoms with Gasteiger partial charge in [-0.05, 0) is 92.6 Å². The second-order valence-corrected chi connectivity index (χ2v) is 25.4. The molecule has 316 valence electrons. The monoisotopic (exact) mass is 1030 g/mol. The van der Waals surface area contributed by atoms with Crippen LogP contribution in [0.5, 0.6) is 0 Å². The standard InChI is InChI=1S/C37H32N2S.C19H26NSi.Ir/c1-23(2)29-21-27(25-12-6-5-7-13-25)22-30(24(3)4)36(29)39-33-16-10-9-15-32(33)38-37(39)26-18-19-35-31(20-26)28-14-8-11-17-34(28)40-35;1-19(2,3)13-16-12-17(15-10-8-7-9-11-15)20-14-18(16)21(4,5)6;/h5-17,19-24,37H,1-4H3;7-10,12,14H,13H2,1-6H3;/q-2;-1;+3. The molecule has 0 saturated heterocycles. The smallest absolute Gasteiger partial charge is 0.661 e. The fraction of sp³-hybridized carbons (Fsp3) is 0.268. The number of nitrogens with zero attached hydrogens (tertiary/aromatic N) is 3. The summed E-state index contributed by atoms with van der Waals surface area (Å²) in [6, 6.07) is 54.6. The van der Waals surface area contributed by atoms with E-state index in [4.69, 9.17) is 10.3 Å². The minimum absolute atomic E-state index is 0. The van der Waals surface area contributed by atoms with Crippen LogP contribution in [-0.2, 0) is 26.5 Å². The molecule has 0 radical (unpaired) electrons. The van der Waals surface area contributed by atoms with Crippen LogP contribution in [0.3, 0.4) is 0 Å². The third kappa shape index (κ3) is 9.55. The zero-order valence-corrected chi connectivity index (χ0v) is 42.0. The molecule has 62 heavy (non-hydrogen) atoms. The van der Waals surface area contributed by atoms with E-state index in [9.17, 15) is 0 Å². The van der Waals surface area contributed by atoms with Gasteiger partial charge in [0.2, 0.25) is 0 Å². The largest absolute Gasteiger partial charge is 3.00 e. The van der Waals surface area contributed by atoms with Gasteiger partial charge in [0, 0.05) is 22.3 Å². The molecule has 9 rings (SSSR count). The van der Waals surface area contributed by atoms with Crippen LogP contribution < -0.4 is 10.1 Å². The van der Waals surface area contributed by atoms with Crippen LogP contribution in [0.25, 0.3) is 47.9 Å². The molecule has 0 fully saturated rings. The Balaban J connectivity index is 0.000000223. The molecule has 6 aromatic carbocycles. The maximum atomic E-state index is 5.33. The minimum Gasteiger partial charge on any atom is -0.661 e. The van der Waals surface area contributed by atoms with E-state index in [1.54, 1.807) is 0 Å². The van der Waals surface area contributed by atoms with Gasteiger partial charge in [0.15, 0.2) is 0 Å². The van der Waals surface area contributed by atoms with Gasteiger partial charge in [-0.3, -0.25) is 0 Å². The summed E-state index contributed by atoms with van der Waals surface area (Å²) in [5, 5.41) is 9.40. The Morgan fingerprint density at radius 1 is 0.726 bits per heavy atom. The molecule has 0 amide bonds. The molecule has 1 aliphatic rings. The molecule has 8 aromatic rings. The van der Waals surface area contributed by atoms with E-state index < -0.39 is 8.07 Å². The van der Waals surface area contributed by atoms with Gasteiger partial charge >= 0.3 is 20.1 Å². The van der Waals surface area contributed by atoms with Gasteiger partial charge in [0.25, 0.3) is 0 Å². The van der Waals surface area contributed by atoms with Crippen LogP contribution in [-0.4, -0.2) is 13.1 Å². The number of pyridine rings is 1. The quantitative estimate of drug-likeness (QED) is 0.112. The zero-order chi connectivity index (χ0) is 43.1. The molecule has 6 heteroatoms. The van der Waals surface area contributed by atoms with Crippen LogP contribution in [0.2, 0.25) is 19.6 Å². The summed E-state index contributed by atoms with van der Waals surface area (Å²) in [5.41, 5.74) is 13.7. The molecule has 0 spiro atoms. The fourth-order valence-electron chi connectivity index (χ4n) is 8.61. The van der Waals surface area contributed by atoms with E-state index in [1.165, 1.54) is 58.9 Å². The van der Waals surface area contributed by atoms with E-state index in [-0.39, 0.29) is 31.7 Å². The normalized spacial score (nSPS) is 13.8. The summed E-state index contributed by atoms with van der Waals surface area (Å²) in [6.45, 7) is 23.3. The number of para-hydroxylation sites is 2. The summed E-state index contributed by atoms with van der Waals surface area (Å²) in [5.74, 6) is 0.689. The molecule has 0 N–H and O–H groups in total. The van der Waals surface area contributed by atoms with Crippen LogP contribution in [0, 0.1) is 17.5 Å². The van der Waals surface area contributed by atoms with Gasteiger partial charge in [-0.1, -0.05) is 151 Å². The predicted octanol–water partition coefficient (Wildman–Crippen LogP) is 16.3. The van der Waals surface area contributed by atoms with Crippen LogP contribution in [0.15, 0.2) is 140 Å². The summed E-state index contributed by atoms with van der Waals surface area (Å²) in [7, 11) is -1.37. The Morgan fingerprint density at radius 3 is 2.05 bits per heavy atom. The van der Waals surface area contributed by atoms with E-state index in [1.807, 2.05) is 29.5 Å². The molecule has 1 aliphatic heterocycles. The number of anilines is 2. The summed E-state index contributed by atoms with van der Waals surface area (Å²) < 4.78 is 2.58. The second-order valence-electron chi connectivity index (χ2n) is 19.3. The van der Waals surface area contributed by atoms with E-state index >= 15 is 0 Å². The number of fused-ring (bicyclic) bond motifs is 4. The summed E-state index contributed by atoms with van der Waals surface area (Å²) in [4.78, 5) is 7.20. The number of benzene rings is 6. The Hall–Kier alpha value is -4.84. The third-order valence-corrected chi connectivity index (χ3v) is 14.7. The van der Waals surface area contributed by atoms with E-state index in [0.29, 0.717) is 11.8 Å². The minimum atomic E-state index is -1.37. The van der Waals surface area contributed by atoms with Gasteiger partial charge in [0.05, 0.1) is 8.07 Å². The fourth-order valence-corrected chi connectivity index (χ4v) is 11.3. The van der Waals surface area contributed by atoms with Gasteiger partial charge in [-0.2, -0.15) is 23.8 Å². The van der Waals surface area contributed by atoms with Crippen molar-refractivity contribution >= 4 is 61.8 Å². The van der Waals surface area contributed by atoms with E-state index in [0.717, 1.165) is 34.6 Å². The Labute approximate surface area is 389 Å². The SMILES string of the molecule is CC(C)(C)Cc1cc(-c2[c-]cccc2)ncc1[Si](C)(C)C.CC(C)c1cc(-c2ccccc2)cc(C(C)C)c1N1c2ccccc2[N-]C1c1[c-]cc2sc3ccccc3c2c1.[Ir+3]. The van der Waals surface area contributed by atoms with Crippen LogP contribution >= 0.6 is 11.3 Å². The number of hydrogen-bond donors (Lipinski definition) is 0.